The Morgan fingerprint density at radius 2 is 0.523 bits per heavy atom. The van der Waals surface area contributed by atoms with Crippen LogP contribution in [0.1, 0.15) is 617 Å². The van der Waals surface area contributed by atoms with E-state index < -0.39 is 0 Å². The maximum absolute atomic E-state index is 12.8. The van der Waals surface area contributed by atoms with Gasteiger partial charge in [-0.05, 0) is 346 Å². The van der Waals surface area contributed by atoms with Crippen molar-refractivity contribution in [2.24, 2.45) is 84.7 Å². The third-order valence-electron chi connectivity index (χ3n) is 30.9. The summed E-state index contributed by atoms with van der Waals surface area (Å²) < 4.78 is 35.6. The van der Waals surface area contributed by atoms with E-state index in [1.54, 1.807) is 0 Å². The molecule has 0 N–H and O–H groups in total. The van der Waals surface area contributed by atoms with Crippen LogP contribution in [-0.4, -0.2) is 69.4 Å². The second-order valence-electron chi connectivity index (χ2n) is 42.1. The Kier molecular flexibility index (Phi) is 90.2. The lowest BCUT2D eigenvalue weighted by molar-refractivity contribution is -0.187. The van der Waals surface area contributed by atoms with E-state index in [0.717, 1.165) is 70.1 Å². The fraction of sp³-hybridized carbons (Fsp3) is 0.949. The average molecular weight is 1870 g/mol. The van der Waals surface area contributed by atoms with E-state index in [9.17, 15) is 28.8 Å². The molecule has 9 saturated carbocycles. The van der Waals surface area contributed by atoms with Crippen molar-refractivity contribution < 1.29 is 57.2 Å². The van der Waals surface area contributed by atoms with Gasteiger partial charge in [-0.25, -0.2) is 0 Å². The molecule has 798 valence electrons. The summed E-state index contributed by atoms with van der Waals surface area (Å²) in [6.45, 7) is 84.0. The lowest BCUT2D eigenvalue weighted by atomic mass is 9.65. The van der Waals surface area contributed by atoms with Crippen LogP contribution in [0.15, 0.2) is 0 Å². The molecule has 9 rings (SSSR count). The number of esters is 6. The van der Waals surface area contributed by atoms with Crippen molar-refractivity contribution in [3.05, 3.63) is 0 Å². The zero-order chi connectivity index (χ0) is 92.6. The minimum Gasteiger partial charge on any atom is -0.459 e. The number of hydrogen-bond donors (Lipinski definition) is 0. The van der Waals surface area contributed by atoms with Crippen LogP contribution in [-0.2, 0) is 57.2 Å². The lowest BCUT2D eigenvalue weighted by Crippen LogP contribution is -2.49. The van der Waals surface area contributed by atoms with Crippen LogP contribution in [0.25, 0.3) is 0 Å². The summed E-state index contributed by atoms with van der Waals surface area (Å²) in [5.41, 5.74) is -3.19. The summed E-state index contributed by atoms with van der Waals surface area (Å²) in [5.74, 6) is 4.21. The molecular weight excluding hydrogens is 1610 g/mol. The van der Waals surface area contributed by atoms with Crippen molar-refractivity contribution in [3.8, 4) is 0 Å². The van der Waals surface area contributed by atoms with Gasteiger partial charge in [0.25, 0.3) is 0 Å². The summed E-state index contributed by atoms with van der Waals surface area (Å²) in [5, 5.41) is 0. The van der Waals surface area contributed by atoms with Crippen molar-refractivity contribution in [1.82, 2.24) is 0 Å². The molecule has 12 nitrogen and oxygen atoms in total. The van der Waals surface area contributed by atoms with E-state index in [1.807, 2.05) is 194 Å². The quantitative estimate of drug-likeness (QED) is 0.0575. The molecule has 0 saturated heterocycles. The minimum atomic E-state index is -0.370. The van der Waals surface area contributed by atoms with E-state index in [4.69, 9.17) is 28.4 Å². The highest BCUT2D eigenvalue weighted by Crippen LogP contribution is 2.71. The molecule has 4 bridgehead atoms. The predicted octanol–water partition coefficient (Wildman–Crippen LogP) is 40.1. The highest BCUT2D eigenvalue weighted by molar-refractivity contribution is 5.79. The Balaban J connectivity index is -0.0000000903. The summed E-state index contributed by atoms with van der Waals surface area (Å²) >= 11 is 0. The smallest absolute Gasteiger partial charge is 0.312 e. The summed E-state index contributed by atoms with van der Waals surface area (Å²) in [7, 11) is 0. The Bertz CT molecular complexity index is 2700. The first kappa shape index (κ1) is 161. The van der Waals surface area contributed by atoms with Crippen LogP contribution in [0.3, 0.4) is 0 Å². The normalized spacial score (nSPS) is 22.1. The van der Waals surface area contributed by atoms with E-state index in [2.05, 4.69) is 90.0 Å². The van der Waals surface area contributed by atoms with Gasteiger partial charge in [0.15, 0.2) is 0 Å². The third kappa shape index (κ3) is 47.0. The summed E-state index contributed by atoms with van der Waals surface area (Å²) in [6, 6.07) is 0. The molecule has 0 spiro atoms. The fourth-order valence-corrected chi connectivity index (χ4v) is 18.5. The molecule has 0 aromatic rings. The SMILES string of the molecule is C.C.C.C.C.C.C.C.C.C.C.C.CC.CC.CC.CC.CC.CC.CCC(C)(C)C(=O)OC(C)(C)C1CCCC1.CCC(C)(C)C(=O)OC(C)(C)C1CCCCC1.CCC(C)(C)C(=O)OC(C)(C1CCCCC1)C1CCCCC1.CCC(C)(C)C(=O)OC1(C)CC2CCC1(C)C2(C)C.CCC(C)(C)C(=O)OC1(C)CC2CCC1C2.CCC(C)(C)C(=O)OC1(C)CCCCCC1. The number of ether oxygens (including phenoxy) is 6. The number of carbonyl (C=O) groups is 6. The van der Waals surface area contributed by atoms with Gasteiger partial charge in [-0.1, -0.05) is 318 Å². The van der Waals surface area contributed by atoms with Crippen molar-refractivity contribution in [2.45, 2.75) is 651 Å². The molecule has 9 aliphatic rings. The summed E-state index contributed by atoms with van der Waals surface area (Å²) in [4.78, 5) is 73.6. The van der Waals surface area contributed by atoms with E-state index in [1.165, 1.54) is 180 Å². The van der Waals surface area contributed by atoms with Crippen LogP contribution in [0.4, 0.5) is 0 Å². The topological polar surface area (TPSA) is 158 Å². The molecule has 130 heavy (non-hydrogen) atoms. The molecule has 0 amide bonds. The standard InChI is InChI=1S/C20H36O2.C17H30O2.C15H28O2.C14H24O2.2C14H26O2.6C2H6.12CH4/c1-5-19(2,3)18(21)22-20(4,16-12-8-6-9-13-16)17-14-10-7-11-15-17;1-8-14(2,3)13(18)19-17(7)11-12-9-10-16(17,6)15(12,4)5;1-6-14(2,3)13(16)17-15(4,5)12-10-8-7-9-11-12;1-5-13(2,3)12(15)16-14(4)9-10-6-7-11(14)8-10;1-6-13(2,3)12(15)16-14(4,5)11-9-7-8-10-11;1-5-13(2,3)12(15)16-14(4)10-8-6-7-9-11-14;6*1-2;;;;;;;;;;;;/h16-17H,5-15H2,1-4H3;12H,8-11H2,1-7H3;12H,6-11H2,1-5H3;10-11H,5-9H2,1-4H3;11H,6-10H2,1-5H3;5-11H2,1-4H3;6*1-2H3;12*1H4. The van der Waals surface area contributed by atoms with Crippen molar-refractivity contribution in [1.29, 1.82) is 0 Å². The minimum absolute atomic E-state index is 0. The van der Waals surface area contributed by atoms with Crippen LogP contribution in [0.2, 0.25) is 0 Å². The molecule has 6 unspecified atom stereocenters. The van der Waals surface area contributed by atoms with Gasteiger partial charge in [-0.15, -0.1) is 0 Å². The van der Waals surface area contributed by atoms with E-state index >= 15 is 0 Å². The zero-order valence-electron chi connectivity index (χ0n) is 86.8. The first-order valence-corrected chi connectivity index (χ1v) is 50.2. The maximum atomic E-state index is 12.8. The highest BCUT2D eigenvalue weighted by Gasteiger charge is 2.69. The van der Waals surface area contributed by atoms with Crippen LogP contribution < -0.4 is 0 Å². The van der Waals surface area contributed by atoms with E-state index in [0.29, 0.717) is 35.5 Å². The number of carbonyl (C=O) groups excluding carboxylic acids is 6. The Morgan fingerprint density at radius 3 is 0.777 bits per heavy atom. The third-order valence-corrected chi connectivity index (χ3v) is 30.9. The van der Waals surface area contributed by atoms with E-state index in [-0.39, 0.29) is 202 Å². The largest absolute Gasteiger partial charge is 0.459 e. The second kappa shape index (κ2) is 73.0. The Labute approximate surface area is 823 Å². The molecule has 12 heteroatoms. The van der Waals surface area contributed by atoms with Gasteiger partial charge in [-0.3, -0.25) is 28.8 Å². The predicted molar refractivity (Wildman–Crippen MR) is 586 cm³/mol. The van der Waals surface area contributed by atoms with Crippen molar-refractivity contribution in [3.63, 3.8) is 0 Å². The number of hydrogen-bond acceptors (Lipinski definition) is 12. The molecular formula is C118H254O12. The average Bonchev–Trinajstić information content (AvgIpc) is 1.53. The molecule has 0 heterocycles. The molecule has 6 atom stereocenters. The Morgan fingerprint density at radius 1 is 0.269 bits per heavy atom. The van der Waals surface area contributed by atoms with Gasteiger partial charge in [0, 0.05) is 5.41 Å². The monoisotopic (exact) mass is 1860 g/mol. The highest BCUT2D eigenvalue weighted by atomic mass is 16.6. The first-order chi connectivity index (χ1) is 54.8. The van der Waals surface area contributed by atoms with Crippen LogP contribution in [0.5, 0.6) is 0 Å². The van der Waals surface area contributed by atoms with Crippen molar-refractivity contribution >= 4 is 35.8 Å². The van der Waals surface area contributed by atoms with Crippen molar-refractivity contribution in [2.75, 3.05) is 0 Å². The second-order valence-corrected chi connectivity index (χ2v) is 42.1. The van der Waals surface area contributed by atoms with Gasteiger partial charge in [0.2, 0.25) is 0 Å². The molecule has 0 aromatic heterocycles. The maximum Gasteiger partial charge on any atom is 0.312 e. The Hall–Kier alpha value is -3.18. The molecule has 0 radical (unpaired) electrons. The summed E-state index contributed by atoms with van der Waals surface area (Å²) in [6.07, 6.45) is 44.6. The molecule has 0 aromatic carbocycles. The molecule has 0 aliphatic heterocycles. The van der Waals surface area contributed by atoms with Gasteiger partial charge in [-0.2, -0.15) is 0 Å². The van der Waals surface area contributed by atoms with Crippen LogP contribution in [0, 0.1) is 84.7 Å². The molecule has 9 fully saturated rings. The van der Waals surface area contributed by atoms with Gasteiger partial charge < -0.3 is 28.4 Å². The zero-order valence-corrected chi connectivity index (χ0v) is 86.8. The fourth-order valence-electron chi connectivity index (χ4n) is 18.5. The first-order valence-electron chi connectivity index (χ1n) is 50.2. The lowest BCUT2D eigenvalue weighted by Gasteiger charge is -2.47. The van der Waals surface area contributed by atoms with Crippen LogP contribution >= 0.6 is 0 Å². The van der Waals surface area contributed by atoms with Gasteiger partial charge >= 0.3 is 35.8 Å². The molecule has 9 aliphatic carbocycles. The number of fused-ring (bicyclic) bond motifs is 4. The van der Waals surface area contributed by atoms with Gasteiger partial charge in [0.05, 0.1) is 32.5 Å². The number of rotatable bonds is 22. The van der Waals surface area contributed by atoms with Gasteiger partial charge in [0.1, 0.15) is 33.6 Å².